The molecule has 0 saturated heterocycles. The highest BCUT2D eigenvalue weighted by atomic mass is 19.4. The van der Waals surface area contributed by atoms with E-state index >= 15 is 0 Å². The first-order valence-corrected chi connectivity index (χ1v) is 15.5. The van der Waals surface area contributed by atoms with Crippen molar-refractivity contribution in [3.05, 3.63) is 54.1 Å². The van der Waals surface area contributed by atoms with Crippen LogP contribution in [-0.2, 0) is 9.53 Å². The number of ether oxygens (including phenoxy) is 2. The summed E-state index contributed by atoms with van der Waals surface area (Å²) in [7, 11) is 1.67. The predicted octanol–water partition coefficient (Wildman–Crippen LogP) is 5.93. The Bertz CT molecular complexity index is 1300. The molecular weight excluding hydrogens is 605 g/mol. The van der Waals surface area contributed by atoms with Crippen LogP contribution in [0.3, 0.4) is 0 Å². The van der Waals surface area contributed by atoms with Gasteiger partial charge in [-0.15, -0.1) is 0 Å². The van der Waals surface area contributed by atoms with Crippen molar-refractivity contribution in [1.82, 2.24) is 9.80 Å². The van der Waals surface area contributed by atoms with Crippen LogP contribution in [-0.4, -0.2) is 90.5 Å². The zero-order chi connectivity index (χ0) is 33.9. The average Bonchev–Trinajstić information content (AvgIpc) is 3.01. The van der Waals surface area contributed by atoms with Gasteiger partial charge in [-0.25, -0.2) is 4.79 Å². The monoisotopic (exact) mass is 650 g/mol. The quantitative estimate of drug-likeness (QED) is 0.326. The van der Waals surface area contributed by atoms with Crippen LogP contribution in [0.5, 0.6) is 5.75 Å². The summed E-state index contributed by atoms with van der Waals surface area (Å²) < 4.78 is 50.4. The molecule has 1 aliphatic heterocycles. The molecule has 1 heterocycles. The van der Waals surface area contributed by atoms with E-state index in [-0.39, 0.29) is 54.7 Å². The molecule has 254 valence electrons. The molecule has 3 N–H and O–H groups in total. The Morgan fingerprint density at radius 3 is 2.48 bits per heavy atom. The number of rotatable bonds is 8. The number of hydrogen-bond donors (Lipinski definition) is 3. The maximum atomic E-state index is 14.2. The number of para-hydroxylation sites is 1. The normalized spacial score (nSPS) is 20.5. The summed E-state index contributed by atoms with van der Waals surface area (Å²) in [6, 6.07) is 12.5. The van der Waals surface area contributed by atoms with E-state index in [1.54, 1.807) is 26.1 Å². The maximum absolute atomic E-state index is 14.2. The van der Waals surface area contributed by atoms with Crippen LogP contribution in [0.15, 0.2) is 48.5 Å². The highest BCUT2D eigenvalue weighted by Gasteiger charge is 2.31. The summed E-state index contributed by atoms with van der Waals surface area (Å²) in [5.41, 5.74) is 0.897. The van der Waals surface area contributed by atoms with Crippen molar-refractivity contribution in [2.75, 3.05) is 44.0 Å². The summed E-state index contributed by atoms with van der Waals surface area (Å²) in [4.78, 5) is 42.4. The van der Waals surface area contributed by atoms with Gasteiger partial charge in [0.1, 0.15) is 5.75 Å². The Labute approximate surface area is 268 Å². The Balaban J connectivity index is 1.88. The Morgan fingerprint density at radius 2 is 1.80 bits per heavy atom. The van der Waals surface area contributed by atoms with E-state index in [1.165, 1.54) is 28.0 Å². The highest BCUT2D eigenvalue weighted by Crippen LogP contribution is 2.29. The number of halogens is 3. The lowest BCUT2D eigenvalue weighted by atomic mass is 10.0. The minimum absolute atomic E-state index is 0.0989. The van der Waals surface area contributed by atoms with Crippen LogP contribution < -0.4 is 15.4 Å². The van der Waals surface area contributed by atoms with Gasteiger partial charge in [-0.2, -0.15) is 13.2 Å². The van der Waals surface area contributed by atoms with E-state index in [2.05, 4.69) is 10.6 Å². The second-order valence-electron chi connectivity index (χ2n) is 11.9. The summed E-state index contributed by atoms with van der Waals surface area (Å²) in [6.07, 6.45) is -5.07. The van der Waals surface area contributed by atoms with Crippen LogP contribution in [0.25, 0.3) is 0 Å². The number of hydrogen-bond acceptors (Lipinski definition) is 6. The van der Waals surface area contributed by atoms with Crippen molar-refractivity contribution in [3.8, 4) is 5.75 Å². The number of alkyl halides is 3. The fourth-order valence-corrected chi connectivity index (χ4v) is 5.03. The third-order valence-electron chi connectivity index (χ3n) is 7.80. The zero-order valence-electron chi connectivity index (χ0n) is 26.8. The van der Waals surface area contributed by atoms with Gasteiger partial charge < -0.3 is 35.0 Å². The molecule has 0 unspecified atom stereocenters. The van der Waals surface area contributed by atoms with Crippen LogP contribution in [0.1, 0.15) is 63.2 Å². The number of amides is 4. The first kappa shape index (κ1) is 36.6. The molecule has 13 heteroatoms. The first-order valence-electron chi connectivity index (χ1n) is 15.5. The Hall–Kier alpha value is -3.84. The van der Waals surface area contributed by atoms with Gasteiger partial charge in [0.15, 0.2) is 0 Å². The number of carbonyl (C=O) groups is 3. The number of carbonyl (C=O) groups excluding carboxylic acids is 3. The summed E-state index contributed by atoms with van der Waals surface area (Å²) >= 11 is 0. The van der Waals surface area contributed by atoms with E-state index in [9.17, 15) is 32.7 Å². The molecule has 0 radical (unpaired) electrons. The van der Waals surface area contributed by atoms with E-state index in [4.69, 9.17) is 9.47 Å². The number of anilines is 2. The van der Waals surface area contributed by atoms with Crippen molar-refractivity contribution in [3.63, 3.8) is 0 Å². The molecule has 0 aromatic heterocycles. The van der Waals surface area contributed by atoms with Gasteiger partial charge in [0.05, 0.1) is 36.8 Å². The second kappa shape index (κ2) is 17.2. The number of likely N-dealkylation sites (N-methyl/N-ethyl adjacent to an activating group) is 1. The van der Waals surface area contributed by atoms with Crippen molar-refractivity contribution in [2.24, 2.45) is 5.92 Å². The SMILES string of the molecule is C[C@@H]1CCCCO[C@@H](CN(C)C(=O)Nc2ccccc2)[C@H](C)CN([C@@H](C)CO)C(=O)c2cc(NC(=O)CCC(F)(F)F)ccc2O1. The van der Waals surface area contributed by atoms with Crippen molar-refractivity contribution in [2.45, 2.75) is 77.3 Å². The number of urea groups is 1. The molecule has 3 rings (SSSR count). The Kier molecular flexibility index (Phi) is 13.7. The van der Waals surface area contributed by atoms with Crippen LogP contribution in [0.4, 0.5) is 29.3 Å². The van der Waals surface area contributed by atoms with Crippen molar-refractivity contribution in [1.29, 1.82) is 0 Å². The third-order valence-corrected chi connectivity index (χ3v) is 7.80. The van der Waals surface area contributed by atoms with Gasteiger partial charge in [-0.05, 0) is 63.4 Å². The average molecular weight is 651 g/mol. The molecule has 0 fully saturated rings. The van der Waals surface area contributed by atoms with Gasteiger partial charge in [-0.3, -0.25) is 9.59 Å². The van der Waals surface area contributed by atoms with Crippen molar-refractivity contribution < 1.29 is 42.1 Å². The minimum Gasteiger partial charge on any atom is -0.490 e. The van der Waals surface area contributed by atoms with Gasteiger partial charge in [-0.1, -0.05) is 25.1 Å². The van der Waals surface area contributed by atoms with Gasteiger partial charge in [0, 0.05) is 50.5 Å². The topological polar surface area (TPSA) is 120 Å². The smallest absolute Gasteiger partial charge is 0.389 e. The summed E-state index contributed by atoms with van der Waals surface area (Å²) in [5.74, 6) is -1.36. The second-order valence-corrected chi connectivity index (χ2v) is 11.9. The molecule has 1 aliphatic rings. The zero-order valence-corrected chi connectivity index (χ0v) is 26.8. The number of aliphatic hydroxyl groups is 1. The molecule has 0 aliphatic carbocycles. The molecule has 46 heavy (non-hydrogen) atoms. The molecule has 0 bridgehead atoms. The van der Waals surface area contributed by atoms with Gasteiger partial charge in [0.2, 0.25) is 5.91 Å². The van der Waals surface area contributed by atoms with Crippen LogP contribution in [0.2, 0.25) is 0 Å². The summed E-state index contributed by atoms with van der Waals surface area (Å²) in [6.45, 7) is 5.94. The highest BCUT2D eigenvalue weighted by molar-refractivity contribution is 5.99. The number of fused-ring (bicyclic) bond motifs is 1. The lowest BCUT2D eigenvalue weighted by molar-refractivity contribution is -0.142. The lowest BCUT2D eigenvalue weighted by Crippen LogP contribution is -2.48. The molecular formula is C33H45F3N4O6. The number of nitrogens with zero attached hydrogens (tertiary/aromatic N) is 2. The Morgan fingerprint density at radius 1 is 1.09 bits per heavy atom. The van der Waals surface area contributed by atoms with E-state index in [0.717, 1.165) is 12.8 Å². The molecule has 0 saturated carbocycles. The largest absolute Gasteiger partial charge is 0.490 e. The van der Waals surface area contributed by atoms with E-state index in [1.807, 2.05) is 32.0 Å². The fraction of sp³-hybridized carbons (Fsp3) is 0.545. The number of nitrogens with one attached hydrogen (secondary N) is 2. The molecule has 2 aromatic rings. The van der Waals surface area contributed by atoms with E-state index in [0.29, 0.717) is 18.7 Å². The fourth-order valence-electron chi connectivity index (χ4n) is 5.03. The molecule has 4 amide bonds. The van der Waals surface area contributed by atoms with Gasteiger partial charge >= 0.3 is 12.2 Å². The molecule has 0 spiro atoms. The van der Waals surface area contributed by atoms with Crippen LogP contribution in [0, 0.1) is 5.92 Å². The van der Waals surface area contributed by atoms with Crippen LogP contribution >= 0.6 is 0 Å². The standard InChI is InChI=1S/C33H45F3N4O6/c1-22-19-40(23(2)21-41)31(43)27-18-26(37-30(42)15-16-33(34,35)36)13-14-28(27)46-24(3)10-8-9-17-45-29(22)20-39(4)32(44)38-25-11-6-5-7-12-25/h5-7,11-14,18,22-24,29,41H,8-10,15-17,19-21H2,1-4H3,(H,37,42)(H,38,44)/t22-,23+,24-,29+/m1/s1. The van der Waals surface area contributed by atoms with Gasteiger partial charge in [0.25, 0.3) is 5.91 Å². The molecule has 10 nitrogen and oxygen atoms in total. The number of aliphatic hydroxyl groups excluding tert-OH is 1. The lowest BCUT2D eigenvalue weighted by Gasteiger charge is -2.35. The minimum atomic E-state index is -4.48. The van der Waals surface area contributed by atoms with Crippen molar-refractivity contribution >= 4 is 29.2 Å². The number of benzene rings is 2. The summed E-state index contributed by atoms with van der Waals surface area (Å²) in [5, 5.41) is 15.4. The molecule has 4 atom stereocenters. The molecule has 2 aromatic carbocycles. The van der Waals surface area contributed by atoms with E-state index < -0.39 is 43.0 Å². The first-order chi connectivity index (χ1) is 21.8. The maximum Gasteiger partial charge on any atom is 0.389 e. The third kappa shape index (κ3) is 11.5. The predicted molar refractivity (Wildman–Crippen MR) is 169 cm³/mol.